The highest BCUT2D eigenvalue weighted by Crippen LogP contribution is 2.50. The lowest BCUT2D eigenvalue weighted by molar-refractivity contribution is -0.286. The molecule has 2 aliphatic heterocycles. The second-order valence-corrected chi connectivity index (χ2v) is 8.72. The summed E-state index contributed by atoms with van der Waals surface area (Å²) in [5.41, 5.74) is 1.88. The molecule has 2 unspecified atom stereocenters. The monoisotopic (exact) mass is 484 g/mol. The number of aliphatic hydroxyl groups excluding tert-OH is 2. The van der Waals surface area contributed by atoms with E-state index in [-0.39, 0.29) is 29.7 Å². The maximum atomic E-state index is 13.5. The van der Waals surface area contributed by atoms with E-state index < -0.39 is 30.3 Å². The first kappa shape index (κ1) is 23.0. The first-order valence-corrected chi connectivity index (χ1v) is 10.9. The number of anilines is 1. The van der Waals surface area contributed by atoms with Crippen LogP contribution in [0.4, 0.5) is 14.6 Å². The third-order valence-corrected chi connectivity index (χ3v) is 6.17. The number of halogens is 2. The van der Waals surface area contributed by atoms with Gasteiger partial charge in [0.25, 0.3) is 0 Å². The zero-order valence-electron chi connectivity index (χ0n) is 18.8. The minimum atomic E-state index is -3.77. The number of hydrogen-bond acceptors (Lipinski definition) is 7. The number of carbonyl (C=O) groups is 1. The molecule has 3 heterocycles. The Morgan fingerprint density at radius 1 is 1.14 bits per heavy atom. The number of amides is 1. The zero-order valence-corrected chi connectivity index (χ0v) is 18.8. The molecule has 8 nitrogen and oxygen atoms in total. The highest BCUT2D eigenvalue weighted by atomic mass is 19.3. The Kier molecular flexibility index (Phi) is 5.37. The van der Waals surface area contributed by atoms with Crippen LogP contribution in [0.2, 0.25) is 0 Å². The maximum Gasteiger partial charge on any atom is 0.586 e. The molecule has 1 aromatic heterocycles. The van der Waals surface area contributed by atoms with Crippen LogP contribution >= 0.6 is 0 Å². The van der Waals surface area contributed by atoms with Gasteiger partial charge in [0.1, 0.15) is 29.7 Å². The normalized spacial score (nSPS) is 20.2. The molecule has 1 amide bonds. The third kappa shape index (κ3) is 4.04. The standard InChI is InChI=1S/C25H22F2N2O6/c1-13-6-7-21(28-22(13)15-5-3-4-14(8-15)17(31)11-30)29-23(32)24(2)12-33-18-10-20-19(9-16(18)24)34-25(26,27)35-20/h3-10,17,30-31H,11-12H2,1-2H3,(H,28,29,32). The van der Waals surface area contributed by atoms with Crippen LogP contribution in [0.25, 0.3) is 11.3 Å². The molecule has 0 spiro atoms. The molecule has 35 heavy (non-hydrogen) atoms. The van der Waals surface area contributed by atoms with Gasteiger partial charge in [0.15, 0.2) is 11.5 Å². The molecule has 0 aliphatic carbocycles. The van der Waals surface area contributed by atoms with Gasteiger partial charge in [-0.15, -0.1) is 8.78 Å². The van der Waals surface area contributed by atoms with E-state index in [1.165, 1.54) is 12.1 Å². The van der Waals surface area contributed by atoms with E-state index in [0.29, 0.717) is 22.4 Å². The minimum Gasteiger partial charge on any atom is -0.492 e. The van der Waals surface area contributed by atoms with Gasteiger partial charge in [-0.2, -0.15) is 0 Å². The lowest BCUT2D eigenvalue weighted by Crippen LogP contribution is -2.39. The number of nitrogens with one attached hydrogen (secondary N) is 1. The van der Waals surface area contributed by atoms with Crippen LogP contribution < -0.4 is 19.5 Å². The number of nitrogens with zero attached hydrogens (tertiary/aromatic N) is 1. The second kappa shape index (κ2) is 8.17. The highest BCUT2D eigenvalue weighted by Gasteiger charge is 2.49. The molecule has 10 heteroatoms. The molecule has 2 aliphatic rings. The number of alkyl halides is 2. The van der Waals surface area contributed by atoms with Crippen molar-refractivity contribution in [3.63, 3.8) is 0 Å². The predicted molar refractivity (Wildman–Crippen MR) is 121 cm³/mol. The number of benzene rings is 2. The molecule has 182 valence electrons. The molecule has 0 radical (unpaired) electrons. The van der Waals surface area contributed by atoms with Crippen molar-refractivity contribution in [3.05, 3.63) is 65.2 Å². The summed E-state index contributed by atoms with van der Waals surface area (Å²) in [6, 6.07) is 13.1. The lowest BCUT2D eigenvalue weighted by atomic mass is 9.83. The molecule has 3 aromatic rings. The molecular weight excluding hydrogens is 462 g/mol. The number of aromatic nitrogens is 1. The molecular formula is C25H22F2N2O6. The van der Waals surface area contributed by atoms with Crippen molar-refractivity contribution in [1.29, 1.82) is 0 Å². The molecule has 3 N–H and O–H groups in total. The van der Waals surface area contributed by atoms with Crippen LogP contribution in [-0.2, 0) is 10.2 Å². The summed E-state index contributed by atoms with van der Waals surface area (Å²) in [4.78, 5) is 17.9. The molecule has 0 fully saturated rings. The number of pyridine rings is 1. The van der Waals surface area contributed by atoms with Crippen LogP contribution in [0.1, 0.15) is 29.7 Å². The van der Waals surface area contributed by atoms with E-state index in [9.17, 15) is 23.8 Å². The Morgan fingerprint density at radius 3 is 2.63 bits per heavy atom. The van der Waals surface area contributed by atoms with E-state index in [0.717, 1.165) is 5.56 Å². The summed E-state index contributed by atoms with van der Waals surface area (Å²) in [6.07, 6.45) is -4.79. The summed E-state index contributed by atoms with van der Waals surface area (Å²) in [7, 11) is 0. The Balaban J connectivity index is 1.42. The summed E-state index contributed by atoms with van der Waals surface area (Å²) in [5, 5.41) is 22.0. The minimum absolute atomic E-state index is 0.00668. The van der Waals surface area contributed by atoms with Crippen LogP contribution in [0, 0.1) is 6.92 Å². The van der Waals surface area contributed by atoms with Crippen molar-refractivity contribution in [2.45, 2.75) is 31.7 Å². The summed E-state index contributed by atoms with van der Waals surface area (Å²) < 4.78 is 41.5. The Hall–Kier alpha value is -3.76. The number of ether oxygens (including phenoxy) is 3. The molecule has 5 rings (SSSR count). The fraction of sp³-hybridized carbons (Fsp3) is 0.280. The number of rotatable bonds is 5. The van der Waals surface area contributed by atoms with Gasteiger partial charge in [-0.1, -0.05) is 24.3 Å². The topological polar surface area (TPSA) is 110 Å². The Bertz CT molecular complexity index is 1330. The van der Waals surface area contributed by atoms with E-state index in [4.69, 9.17) is 4.74 Å². The molecule has 0 bridgehead atoms. The van der Waals surface area contributed by atoms with Crippen molar-refractivity contribution >= 4 is 11.7 Å². The number of aryl methyl sites for hydroxylation is 1. The van der Waals surface area contributed by atoms with Gasteiger partial charge >= 0.3 is 6.29 Å². The van der Waals surface area contributed by atoms with E-state index in [2.05, 4.69) is 19.8 Å². The average Bonchev–Trinajstić information content (AvgIpc) is 3.32. The Morgan fingerprint density at radius 2 is 1.89 bits per heavy atom. The summed E-state index contributed by atoms with van der Waals surface area (Å²) in [5.74, 6) is -0.213. The molecule has 2 aromatic carbocycles. The lowest BCUT2D eigenvalue weighted by Gasteiger charge is -2.22. The largest absolute Gasteiger partial charge is 0.586 e. The Labute approximate surface area is 199 Å². The van der Waals surface area contributed by atoms with Gasteiger partial charge < -0.3 is 29.7 Å². The summed E-state index contributed by atoms with van der Waals surface area (Å²) >= 11 is 0. The van der Waals surface area contributed by atoms with Gasteiger partial charge in [-0.3, -0.25) is 4.79 Å². The van der Waals surface area contributed by atoms with Crippen molar-refractivity contribution in [1.82, 2.24) is 4.98 Å². The number of fused-ring (bicyclic) bond motifs is 2. The SMILES string of the molecule is Cc1ccc(NC(=O)C2(C)COc3cc4c(cc32)OC(F)(F)O4)nc1-c1cccc(C(O)CO)c1. The van der Waals surface area contributed by atoms with Crippen molar-refractivity contribution < 1.29 is 38.0 Å². The highest BCUT2D eigenvalue weighted by molar-refractivity contribution is 6.00. The van der Waals surface area contributed by atoms with Crippen molar-refractivity contribution in [2.24, 2.45) is 0 Å². The van der Waals surface area contributed by atoms with Crippen molar-refractivity contribution in [2.75, 3.05) is 18.5 Å². The van der Waals surface area contributed by atoms with Gasteiger partial charge in [0.05, 0.1) is 12.3 Å². The fourth-order valence-corrected chi connectivity index (χ4v) is 4.16. The quantitative estimate of drug-likeness (QED) is 0.507. The van der Waals surface area contributed by atoms with Gasteiger partial charge in [0, 0.05) is 17.2 Å². The van der Waals surface area contributed by atoms with E-state index in [1.807, 2.05) is 13.0 Å². The number of carbonyl (C=O) groups excluding carboxylic acids is 1. The summed E-state index contributed by atoms with van der Waals surface area (Å²) in [6.45, 7) is 3.09. The van der Waals surface area contributed by atoms with Crippen molar-refractivity contribution in [3.8, 4) is 28.5 Å². The van der Waals surface area contributed by atoms with Crippen LogP contribution in [0.3, 0.4) is 0 Å². The first-order chi connectivity index (χ1) is 16.6. The van der Waals surface area contributed by atoms with Crippen LogP contribution in [0.15, 0.2) is 48.5 Å². The number of aliphatic hydroxyl groups is 2. The molecule has 0 saturated carbocycles. The van der Waals surface area contributed by atoms with Crippen LogP contribution in [0.5, 0.6) is 17.2 Å². The fourth-order valence-electron chi connectivity index (χ4n) is 4.16. The number of hydrogen-bond donors (Lipinski definition) is 3. The molecule has 0 saturated heterocycles. The molecule has 2 atom stereocenters. The zero-order chi connectivity index (χ0) is 25.0. The third-order valence-electron chi connectivity index (χ3n) is 6.17. The maximum absolute atomic E-state index is 13.5. The van der Waals surface area contributed by atoms with Gasteiger partial charge in [0.2, 0.25) is 5.91 Å². The second-order valence-electron chi connectivity index (χ2n) is 8.72. The van der Waals surface area contributed by atoms with Crippen LogP contribution in [-0.4, -0.2) is 40.6 Å². The van der Waals surface area contributed by atoms with E-state index >= 15 is 0 Å². The van der Waals surface area contributed by atoms with Gasteiger partial charge in [-0.25, -0.2) is 4.98 Å². The van der Waals surface area contributed by atoms with E-state index in [1.54, 1.807) is 37.3 Å². The van der Waals surface area contributed by atoms with Gasteiger partial charge in [-0.05, 0) is 43.2 Å². The predicted octanol–water partition coefficient (Wildman–Crippen LogP) is 3.69. The average molecular weight is 484 g/mol. The first-order valence-electron chi connectivity index (χ1n) is 10.9. The smallest absolute Gasteiger partial charge is 0.492 e.